The van der Waals surface area contributed by atoms with Crippen molar-refractivity contribution in [1.82, 2.24) is 9.97 Å². The number of oxazole rings is 1. The summed E-state index contributed by atoms with van der Waals surface area (Å²) in [6, 6.07) is 4.20. The van der Waals surface area contributed by atoms with Crippen molar-refractivity contribution in [2.24, 2.45) is 0 Å². The fourth-order valence-corrected chi connectivity index (χ4v) is 2.55. The van der Waals surface area contributed by atoms with Crippen LogP contribution in [0.4, 0.5) is 13.2 Å². The van der Waals surface area contributed by atoms with Gasteiger partial charge in [0, 0.05) is 23.4 Å². The van der Waals surface area contributed by atoms with E-state index in [0.717, 1.165) is 6.07 Å². The molecule has 2 heterocycles. The first-order valence-corrected chi connectivity index (χ1v) is 7.56. The molecule has 26 heavy (non-hydrogen) atoms. The van der Waals surface area contributed by atoms with Crippen LogP contribution in [0.5, 0.6) is 5.88 Å². The van der Waals surface area contributed by atoms with Crippen LogP contribution in [-0.4, -0.2) is 28.9 Å². The Morgan fingerprint density at radius 2 is 2.04 bits per heavy atom. The third-order valence-corrected chi connectivity index (χ3v) is 3.55. The Kier molecular flexibility index (Phi) is 4.54. The summed E-state index contributed by atoms with van der Waals surface area (Å²) in [4.78, 5) is 19.9. The van der Waals surface area contributed by atoms with Gasteiger partial charge in [-0.1, -0.05) is 0 Å². The number of ether oxygens (including phenoxy) is 2. The van der Waals surface area contributed by atoms with Gasteiger partial charge in [0.2, 0.25) is 5.88 Å². The number of nitrogens with zero attached hydrogens (tertiary/aromatic N) is 2. The van der Waals surface area contributed by atoms with Crippen molar-refractivity contribution in [2.75, 3.05) is 6.61 Å². The quantitative estimate of drug-likeness (QED) is 0.642. The molecule has 0 aliphatic carbocycles. The van der Waals surface area contributed by atoms with Crippen molar-refractivity contribution in [3.05, 3.63) is 41.9 Å². The third kappa shape index (κ3) is 3.46. The van der Waals surface area contributed by atoms with Gasteiger partial charge in [0.1, 0.15) is 11.1 Å². The van der Waals surface area contributed by atoms with Crippen LogP contribution in [-0.2, 0) is 4.74 Å². The van der Waals surface area contributed by atoms with Gasteiger partial charge in [0.25, 0.3) is 0 Å². The van der Waals surface area contributed by atoms with E-state index < -0.39 is 18.2 Å². The van der Waals surface area contributed by atoms with Gasteiger partial charge >= 0.3 is 12.3 Å². The van der Waals surface area contributed by atoms with Crippen molar-refractivity contribution >= 4 is 17.1 Å². The van der Waals surface area contributed by atoms with E-state index in [1.165, 1.54) is 18.7 Å². The Morgan fingerprint density at radius 3 is 2.65 bits per heavy atom. The first kappa shape index (κ1) is 17.7. The van der Waals surface area contributed by atoms with Crippen LogP contribution in [0.3, 0.4) is 0 Å². The van der Waals surface area contributed by atoms with Crippen LogP contribution in [0.25, 0.3) is 22.2 Å². The number of rotatable bonds is 4. The molecule has 136 valence electrons. The lowest BCUT2D eigenvalue weighted by atomic mass is 9.99. The van der Waals surface area contributed by atoms with Crippen molar-refractivity contribution in [3.8, 4) is 17.0 Å². The topological polar surface area (TPSA) is 74.5 Å². The van der Waals surface area contributed by atoms with Crippen molar-refractivity contribution in [1.29, 1.82) is 0 Å². The van der Waals surface area contributed by atoms with Crippen LogP contribution < -0.4 is 4.74 Å². The molecular weight excluding hydrogens is 353 g/mol. The molecule has 0 unspecified atom stereocenters. The molecule has 0 aliphatic heterocycles. The zero-order chi connectivity index (χ0) is 18.9. The van der Waals surface area contributed by atoms with Crippen molar-refractivity contribution in [2.45, 2.75) is 20.2 Å². The minimum absolute atomic E-state index is 0.209. The van der Waals surface area contributed by atoms with E-state index in [0.29, 0.717) is 22.2 Å². The smallest absolute Gasteiger partial charge is 0.462 e. The Hall–Kier alpha value is -3.10. The van der Waals surface area contributed by atoms with Crippen LogP contribution in [0.1, 0.15) is 22.8 Å². The summed E-state index contributed by atoms with van der Waals surface area (Å²) in [5.74, 6) is -1.11. The molecule has 3 rings (SSSR count). The zero-order valence-corrected chi connectivity index (χ0v) is 13.8. The van der Waals surface area contributed by atoms with Gasteiger partial charge in [0.05, 0.1) is 6.61 Å². The average Bonchev–Trinajstić information content (AvgIpc) is 3.02. The maximum atomic E-state index is 12.2. The molecule has 3 aromatic rings. The normalized spacial score (nSPS) is 11.6. The molecule has 0 N–H and O–H groups in total. The highest BCUT2D eigenvalue weighted by Gasteiger charge is 2.31. The van der Waals surface area contributed by atoms with E-state index >= 15 is 0 Å². The highest BCUT2D eigenvalue weighted by Crippen LogP contribution is 2.33. The van der Waals surface area contributed by atoms with E-state index in [1.54, 1.807) is 19.9 Å². The summed E-state index contributed by atoms with van der Waals surface area (Å²) in [6.45, 7) is 3.60. The van der Waals surface area contributed by atoms with Gasteiger partial charge in [-0.3, -0.25) is 0 Å². The maximum Gasteiger partial charge on any atom is 0.574 e. The first-order valence-electron chi connectivity index (χ1n) is 7.56. The Morgan fingerprint density at radius 1 is 1.27 bits per heavy atom. The van der Waals surface area contributed by atoms with E-state index in [2.05, 4.69) is 14.7 Å². The number of aromatic nitrogens is 2. The number of pyridine rings is 1. The fourth-order valence-electron chi connectivity index (χ4n) is 2.55. The number of benzene rings is 1. The summed E-state index contributed by atoms with van der Waals surface area (Å²) in [6.07, 6.45) is -2.40. The lowest BCUT2D eigenvalue weighted by molar-refractivity contribution is -0.276. The molecule has 0 atom stereocenters. The van der Waals surface area contributed by atoms with Gasteiger partial charge in [-0.2, -0.15) is 0 Å². The second kappa shape index (κ2) is 6.66. The lowest BCUT2D eigenvalue weighted by Crippen LogP contribution is -2.17. The minimum atomic E-state index is -4.81. The minimum Gasteiger partial charge on any atom is -0.462 e. The van der Waals surface area contributed by atoms with Gasteiger partial charge < -0.3 is 13.9 Å². The molecule has 0 fully saturated rings. The van der Waals surface area contributed by atoms with E-state index in [1.807, 2.05) is 0 Å². The SMILES string of the molecule is CCOC(=O)c1c(C)cc(-c2ccc(OC(F)(F)F)nc2)c2ncoc12. The van der Waals surface area contributed by atoms with E-state index in [4.69, 9.17) is 9.15 Å². The Bertz CT molecular complexity index is 949. The number of carbonyl (C=O) groups is 1. The molecule has 0 radical (unpaired) electrons. The predicted molar refractivity (Wildman–Crippen MR) is 84.6 cm³/mol. The number of alkyl halides is 3. The molecule has 1 aromatic carbocycles. The summed E-state index contributed by atoms with van der Waals surface area (Å²) in [5, 5.41) is 0. The van der Waals surface area contributed by atoms with E-state index in [-0.39, 0.29) is 17.8 Å². The monoisotopic (exact) mass is 366 g/mol. The summed E-state index contributed by atoms with van der Waals surface area (Å²) in [5.41, 5.74) is 2.52. The standard InChI is InChI=1S/C17H13F3N2O4/c1-3-24-16(23)13-9(2)6-11(14-15(13)25-8-22-14)10-4-5-12(21-7-10)26-17(18,19)20/h4-8H,3H2,1-2H3. The Balaban J connectivity index is 2.05. The highest BCUT2D eigenvalue weighted by molar-refractivity contribution is 6.06. The number of hydrogen-bond donors (Lipinski definition) is 0. The van der Waals surface area contributed by atoms with Crippen molar-refractivity contribution < 1.29 is 31.9 Å². The summed E-state index contributed by atoms with van der Waals surface area (Å²) < 4.78 is 50.9. The molecule has 9 heteroatoms. The molecule has 0 spiro atoms. The van der Waals surface area contributed by atoms with Crippen LogP contribution in [0.15, 0.2) is 35.2 Å². The second-order valence-electron chi connectivity index (χ2n) is 5.30. The first-order chi connectivity index (χ1) is 12.3. The molecular formula is C17H13F3N2O4. The van der Waals surface area contributed by atoms with Gasteiger partial charge in [-0.05, 0) is 31.5 Å². The average molecular weight is 366 g/mol. The molecule has 0 amide bonds. The lowest BCUT2D eigenvalue weighted by Gasteiger charge is -2.11. The van der Waals surface area contributed by atoms with Crippen LogP contribution in [0.2, 0.25) is 0 Å². The van der Waals surface area contributed by atoms with E-state index in [9.17, 15) is 18.0 Å². The van der Waals surface area contributed by atoms with Gasteiger partial charge in [0.15, 0.2) is 12.0 Å². The molecule has 6 nitrogen and oxygen atoms in total. The number of esters is 1. The summed E-state index contributed by atoms with van der Waals surface area (Å²) in [7, 11) is 0. The molecule has 0 saturated heterocycles. The number of hydrogen-bond acceptors (Lipinski definition) is 6. The number of aryl methyl sites for hydroxylation is 1. The Labute approximate surface area is 145 Å². The zero-order valence-electron chi connectivity index (χ0n) is 13.8. The molecule has 0 saturated carbocycles. The fraction of sp³-hybridized carbons (Fsp3) is 0.235. The number of halogens is 3. The third-order valence-electron chi connectivity index (χ3n) is 3.55. The number of carbonyl (C=O) groups excluding carboxylic acids is 1. The van der Waals surface area contributed by atoms with Crippen LogP contribution in [0, 0.1) is 6.92 Å². The molecule has 2 aromatic heterocycles. The maximum absolute atomic E-state index is 12.2. The number of fused-ring (bicyclic) bond motifs is 1. The highest BCUT2D eigenvalue weighted by atomic mass is 19.4. The summed E-state index contributed by atoms with van der Waals surface area (Å²) >= 11 is 0. The van der Waals surface area contributed by atoms with Crippen LogP contribution >= 0.6 is 0 Å². The van der Waals surface area contributed by atoms with Gasteiger partial charge in [-0.25, -0.2) is 14.8 Å². The largest absolute Gasteiger partial charge is 0.574 e. The molecule has 0 aliphatic rings. The second-order valence-corrected chi connectivity index (χ2v) is 5.30. The van der Waals surface area contributed by atoms with Crippen molar-refractivity contribution in [3.63, 3.8) is 0 Å². The predicted octanol–water partition coefficient (Wildman–Crippen LogP) is 4.27. The molecule has 0 bridgehead atoms. The van der Waals surface area contributed by atoms with Gasteiger partial charge in [-0.15, -0.1) is 13.2 Å².